The van der Waals surface area contributed by atoms with E-state index in [2.05, 4.69) is 32.7 Å². The van der Waals surface area contributed by atoms with Gasteiger partial charge in [0.25, 0.3) is 0 Å². The monoisotopic (exact) mass is 324 g/mol. The van der Waals surface area contributed by atoms with E-state index in [9.17, 15) is 5.11 Å². The van der Waals surface area contributed by atoms with E-state index in [0.29, 0.717) is 5.75 Å². The SMILES string of the molecule is C=CC[C@@H](c1c(Br)ccc(C)c1O)N1CCNCC1. The molecule has 0 aromatic heterocycles. The summed E-state index contributed by atoms with van der Waals surface area (Å²) in [6, 6.07) is 4.14. The molecule has 3 nitrogen and oxygen atoms in total. The van der Waals surface area contributed by atoms with E-state index in [1.165, 1.54) is 0 Å². The van der Waals surface area contributed by atoms with E-state index in [1.54, 1.807) is 0 Å². The predicted octanol–water partition coefficient (Wildman–Crippen LogP) is 2.99. The first kappa shape index (κ1) is 14.6. The predicted molar refractivity (Wildman–Crippen MR) is 82.5 cm³/mol. The molecule has 1 heterocycles. The van der Waals surface area contributed by atoms with Crippen LogP contribution in [0.5, 0.6) is 5.75 Å². The van der Waals surface area contributed by atoms with Crippen molar-refractivity contribution in [3.63, 3.8) is 0 Å². The number of halogens is 1. The molecule has 1 aliphatic rings. The maximum atomic E-state index is 10.4. The van der Waals surface area contributed by atoms with Crippen LogP contribution < -0.4 is 5.32 Å². The molecule has 19 heavy (non-hydrogen) atoms. The van der Waals surface area contributed by atoms with E-state index >= 15 is 0 Å². The Balaban J connectivity index is 2.37. The second kappa shape index (κ2) is 6.55. The van der Waals surface area contributed by atoms with Crippen LogP contribution in [-0.4, -0.2) is 36.2 Å². The number of nitrogens with one attached hydrogen (secondary N) is 1. The minimum atomic E-state index is 0.189. The average molecular weight is 325 g/mol. The maximum Gasteiger partial charge on any atom is 0.124 e. The zero-order valence-electron chi connectivity index (χ0n) is 11.3. The summed E-state index contributed by atoms with van der Waals surface area (Å²) >= 11 is 3.58. The zero-order valence-corrected chi connectivity index (χ0v) is 12.9. The Labute approximate surface area is 123 Å². The standard InChI is InChI=1S/C15H21BrN2O/c1-3-4-13(18-9-7-17-8-10-18)14-12(16)6-5-11(2)15(14)19/h3,5-6,13,17,19H,1,4,7-10H2,2H3/t13-/m0/s1. The molecule has 0 spiro atoms. The maximum absolute atomic E-state index is 10.4. The highest BCUT2D eigenvalue weighted by molar-refractivity contribution is 9.10. The van der Waals surface area contributed by atoms with Gasteiger partial charge in [-0.1, -0.05) is 28.1 Å². The molecular formula is C15H21BrN2O. The largest absolute Gasteiger partial charge is 0.507 e. The lowest BCUT2D eigenvalue weighted by Crippen LogP contribution is -2.45. The topological polar surface area (TPSA) is 35.5 Å². The molecule has 1 aromatic carbocycles. The van der Waals surface area contributed by atoms with Crippen LogP contribution in [0.25, 0.3) is 0 Å². The van der Waals surface area contributed by atoms with Crippen LogP contribution in [0.3, 0.4) is 0 Å². The lowest BCUT2D eigenvalue weighted by molar-refractivity contribution is 0.171. The van der Waals surface area contributed by atoms with Crippen molar-refractivity contribution in [3.05, 3.63) is 40.4 Å². The third-order valence-electron chi connectivity index (χ3n) is 3.68. The Morgan fingerprint density at radius 3 is 2.79 bits per heavy atom. The van der Waals surface area contributed by atoms with Crippen molar-refractivity contribution in [3.8, 4) is 5.75 Å². The Morgan fingerprint density at radius 2 is 2.16 bits per heavy atom. The highest BCUT2D eigenvalue weighted by atomic mass is 79.9. The van der Waals surface area contributed by atoms with Crippen molar-refractivity contribution < 1.29 is 5.11 Å². The molecule has 0 radical (unpaired) electrons. The fourth-order valence-electron chi connectivity index (χ4n) is 2.61. The van der Waals surface area contributed by atoms with Gasteiger partial charge in [-0.05, 0) is 25.0 Å². The van der Waals surface area contributed by atoms with Crippen LogP contribution in [0.2, 0.25) is 0 Å². The molecule has 0 saturated carbocycles. The summed E-state index contributed by atoms with van der Waals surface area (Å²) in [6.45, 7) is 9.79. The summed E-state index contributed by atoms with van der Waals surface area (Å²) in [7, 11) is 0. The van der Waals surface area contributed by atoms with Crippen molar-refractivity contribution in [2.75, 3.05) is 26.2 Å². The summed E-state index contributed by atoms with van der Waals surface area (Å²) in [6.07, 6.45) is 2.77. The van der Waals surface area contributed by atoms with Crippen LogP contribution in [0.1, 0.15) is 23.6 Å². The molecule has 0 bridgehead atoms. The fourth-order valence-corrected chi connectivity index (χ4v) is 3.19. The third kappa shape index (κ3) is 3.19. The molecule has 0 unspecified atom stereocenters. The first-order valence-electron chi connectivity index (χ1n) is 6.68. The second-order valence-electron chi connectivity index (χ2n) is 4.95. The molecule has 4 heteroatoms. The van der Waals surface area contributed by atoms with Crippen LogP contribution in [0, 0.1) is 6.92 Å². The molecule has 2 N–H and O–H groups in total. The van der Waals surface area contributed by atoms with E-state index < -0.39 is 0 Å². The zero-order chi connectivity index (χ0) is 13.8. The van der Waals surface area contributed by atoms with E-state index in [0.717, 1.165) is 48.2 Å². The fraction of sp³-hybridized carbons (Fsp3) is 0.467. The number of aromatic hydroxyl groups is 1. The van der Waals surface area contributed by atoms with Gasteiger partial charge in [0.15, 0.2) is 0 Å². The Bertz CT molecular complexity index is 456. The first-order valence-corrected chi connectivity index (χ1v) is 7.48. The average Bonchev–Trinajstić information content (AvgIpc) is 2.43. The van der Waals surface area contributed by atoms with Crippen molar-refractivity contribution in [2.45, 2.75) is 19.4 Å². The lowest BCUT2D eigenvalue weighted by Gasteiger charge is -2.35. The molecule has 1 aromatic rings. The normalized spacial score (nSPS) is 18.2. The Morgan fingerprint density at radius 1 is 1.47 bits per heavy atom. The summed E-state index contributed by atoms with van der Waals surface area (Å²) in [5, 5.41) is 13.8. The van der Waals surface area contributed by atoms with Gasteiger partial charge in [-0.15, -0.1) is 6.58 Å². The second-order valence-corrected chi connectivity index (χ2v) is 5.81. The van der Waals surface area contributed by atoms with Crippen molar-refractivity contribution in [2.24, 2.45) is 0 Å². The minimum Gasteiger partial charge on any atom is -0.507 e. The van der Waals surface area contributed by atoms with Gasteiger partial charge in [0.1, 0.15) is 5.75 Å². The van der Waals surface area contributed by atoms with Gasteiger partial charge in [0.2, 0.25) is 0 Å². The molecule has 1 atom stereocenters. The van der Waals surface area contributed by atoms with Gasteiger partial charge in [0.05, 0.1) is 0 Å². The number of aryl methyl sites for hydroxylation is 1. The number of phenolic OH excluding ortho intramolecular Hbond substituents is 1. The summed E-state index contributed by atoms with van der Waals surface area (Å²) < 4.78 is 0.973. The molecular weight excluding hydrogens is 304 g/mol. The van der Waals surface area contributed by atoms with Gasteiger partial charge >= 0.3 is 0 Å². The lowest BCUT2D eigenvalue weighted by atomic mass is 9.98. The smallest absolute Gasteiger partial charge is 0.124 e. The molecule has 0 aliphatic carbocycles. The van der Waals surface area contributed by atoms with Crippen molar-refractivity contribution in [1.29, 1.82) is 0 Å². The summed E-state index contributed by atoms with van der Waals surface area (Å²) in [4.78, 5) is 2.41. The van der Waals surface area contributed by atoms with Gasteiger partial charge in [-0.3, -0.25) is 4.90 Å². The van der Waals surface area contributed by atoms with Crippen LogP contribution in [0.4, 0.5) is 0 Å². The Hall–Kier alpha value is -0.840. The molecule has 1 fully saturated rings. The van der Waals surface area contributed by atoms with E-state index in [-0.39, 0.29) is 6.04 Å². The summed E-state index contributed by atoms with van der Waals surface area (Å²) in [5.41, 5.74) is 1.91. The van der Waals surface area contributed by atoms with Crippen molar-refractivity contribution >= 4 is 15.9 Å². The van der Waals surface area contributed by atoms with Gasteiger partial charge in [-0.2, -0.15) is 0 Å². The quantitative estimate of drug-likeness (QED) is 0.836. The van der Waals surface area contributed by atoms with Crippen LogP contribution in [-0.2, 0) is 0 Å². The Kier molecular flexibility index (Phi) is 5.02. The number of piperazine rings is 1. The molecule has 2 rings (SSSR count). The van der Waals surface area contributed by atoms with Crippen LogP contribution >= 0.6 is 15.9 Å². The van der Waals surface area contributed by atoms with E-state index in [4.69, 9.17) is 0 Å². The van der Waals surface area contributed by atoms with E-state index in [1.807, 2.05) is 25.1 Å². The molecule has 104 valence electrons. The van der Waals surface area contributed by atoms with Gasteiger partial charge in [0, 0.05) is 42.3 Å². The van der Waals surface area contributed by atoms with Gasteiger partial charge < -0.3 is 10.4 Å². The van der Waals surface area contributed by atoms with Crippen LogP contribution in [0.15, 0.2) is 29.3 Å². The van der Waals surface area contributed by atoms with Gasteiger partial charge in [-0.25, -0.2) is 0 Å². The number of nitrogens with zero attached hydrogens (tertiary/aromatic N) is 1. The number of hydrogen-bond acceptors (Lipinski definition) is 3. The highest BCUT2D eigenvalue weighted by Gasteiger charge is 2.25. The summed E-state index contributed by atoms with van der Waals surface area (Å²) in [5.74, 6) is 0.403. The third-order valence-corrected chi connectivity index (χ3v) is 4.37. The number of rotatable bonds is 4. The number of benzene rings is 1. The first-order chi connectivity index (χ1) is 9.15. The molecule has 1 aliphatic heterocycles. The minimum absolute atomic E-state index is 0.189. The number of hydrogen-bond donors (Lipinski definition) is 2. The van der Waals surface area contributed by atoms with Crippen molar-refractivity contribution in [1.82, 2.24) is 10.2 Å². The molecule has 1 saturated heterocycles. The highest BCUT2D eigenvalue weighted by Crippen LogP contribution is 2.39. The number of phenols is 1. The molecule has 0 amide bonds.